The molecule has 9 heteroatoms. The SMILES string of the molecule is O=C(O)c1ccn2nc(-c3ccccn3)nc(Nc3ccncc3F)c12. The van der Waals surface area contributed by atoms with Crippen molar-refractivity contribution < 1.29 is 14.3 Å². The van der Waals surface area contributed by atoms with E-state index < -0.39 is 11.8 Å². The fraction of sp³-hybridized carbons (Fsp3) is 0. The summed E-state index contributed by atoms with van der Waals surface area (Å²) in [6.07, 6.45) is 5.56. The summed E-state index contributed by atoms with van der Waals surface area (Å²) in [5.41, 5.74) is 0.825. The van der Waals surface area contributed by atoms with Crippen LogP contribution < -0.4 is 5.32 Å². The molecule has 0 aliphatic carbocycles. The minimum Gasteiger partial charge on any atom is -0.478 e. The molecule has 4 aromatic heterocycles. The van der Waals surface area contributed by atoms with Gasteiger partial charge in [-0.1, -0.05) is 6.07 Å². The van der Waals surface area contributed by atoms with Gasteiger partial charge in [-0.2, -0.15) is 0 Å². The Balaban J connectivity index is 1.94. The quantitative estimate of drug-likeness (QED) is 0.583. The van der Waals surface area contributed by atoms with Crippen molar-refractivity contribution in [2.75, 3.05) is 5.32 Å². The normalized spacial score (nSPS) is 10.8. The lowest BCUT2D eigenvalue weighted by Crippen LogP contribution is -2.07. The maximum Gasteiger partial charge on any atom is 0.338 e. The standard InChI is InChI=1S/C17H11FN6O2/c18-11-9-19-7-4-12(11)21-16-14-10(17(25)26)5-8-24(14)23-15(22-16)13-3-1-2-6-20-13/h1-9H,(H,25,26)(H,19,21,22,23). The maximum atomic E-state index is 14.0. The maximum absolute atomic E-state index is 14.0. The number of carbonyl (C=O) groups is 1. The topological polar surface area (TPSA) is 105 Å². The summed E-state index contributed by atoms with van der Waals surface area (Å²) in [5.74, 6) is -1.32. The molecule has 128 valence electrons. The van der Waals surface area contributed by atoms with Crippen LogP contribution in [0.3, 0.4) is 0 Å². The molecule has 4 heterocycles. The van der Waals surface area contributed by atoms with E-state index in [1.54, 1.807) is 24.4 Å². The number of nitrogens with zero attached hydrogens (tertiary/aromatic N) is 5. The van der Waals surface area contributed by atoms with Gasteiger partial charge in [0.15, 0.2) is 11.6 Å². The second kappa shape index (κ2) is 6.20. The highest BCUT2D eigenvalue weighted by molar-refractivity contribution is 6.00. The van der Waals surface area contributed by atoms with Gasteiger partial charge in [-0.15, -0.1) is 5.10 Å². The van der Waals surface area contributed by atoms with Crippen LogP contribution >= 0.6 is 0 Å². The molecule has 0 fully saturated rings. The molecule has 0 radical (unpaired) electrons. The summed E-state index contributed by atoms with van der Waals surface area (Å²) in [6.45, 7) is 0. The molecular formula is C17H11FN6O2. The van der Waals surface area contributed by atoms with Gasteiger partial charge in [0, 0.05) is 18.6 Å². The highest BCUT2D eigenvalue weighted by atomic mass is 19.1. The highest BCUT2D eigenvalue weighted by Crippen LogP contribution is 2.26. The first-order valence-electron chi connectivity index (χ1n) is 7.54. The van der Waals surface area contributed by atoms with E-state index in [2.05, 4.69) is 25.4 Å². The molecular weight excluding hydrogens is 339 g/mol. The fourth-order valence-corrected chi connectivity index (χ4v) is 2.49. The van der Waals surface area contributed by atoms with Gasteiger partial charge in [-0.3, -0.25) is 9.97 Å². The Hall–Kier alpha value is -3.88. The molecule has 0 aliphatic heterocycles. The van der Waals surface area contributed by atoms with Gasteiger partial charge in [0.2, 0.25) is 5.82 Å². The number of pyridine rings is 2. The van der Waals surface area contributed by atoms with Gasteiger partial charge in [0.1, 0.15) is 11.2 Å². The third-order valence-electron chi connectivity index (χ3n) is 3.66. The van der Waals surface area contributed by atoms with E-state index >= 15 is 0 Å². The third kappa shape index (κ3) is 2.71. The van der Waals surface area contributed by atoms with Crippen LogP contribution in [0.25, 0.3) is 17.0 Å². The zero-order chi connectivity index (χ0) is 18.1. The molecule has 0 amide bonds. The number of hydrogen-bond acceptors (Lipinski definition) is 6. The number of rotatable bonds is 4. The van der Waals surface area contributed by atoms with Crippen LogP contribution in [0.2, 0.25) is 0 Å². The molecule has 0 atom stereocenters. The van der Waals surface area contributed by atoms with E-state index in [1.807, 2.05) is 0 Å². The van der Waals surface area contributed by atoms with Crippen molar-refractivity contribution in [2.45, 2.75) is 0 Å². The Kier molecular flexibility index (Phi) is 3.73. The summed E-state index contributed by atoms with van der Waals surface area (Å²) >= 11 is 0. The van der Waals surface area contributed by atoms with Crippen molar-refractivity contribution in [3.05, 3.63) is 66.5 Å². The van der Waals surface area contributed by atoms with E-state index in [-0.39, 0.29) is 28.4 Å². The third-order valence-corrected chi connectivity index (χ3v) is 3.66. The molecule has 0 aromatic carbocycles. The second-order valence-corrected chi connectivity index (χ2v) is 5.31. The number of fused-ring (bicyclic) bond motifs is 1. The van der Waals surface area contributed by atoms with Gasteiger partial charge in [0.05, 0.1) is 17.4 Å². The largest absolute Gasteiger partial charge is 0.478 e. The molecule has 4 rings (SSSR count). The molecule has 26 heavy (non-hydrogen) atoms. The number of halogens is 1. The summed E-state index contributed by atoms with van der Waals surface area (Å²) in [5, 5.41) is 16.5. The van der Waals surface area contributed by atoms with Crippen molar-refractivity contribution in [2.24, 2.45) is 0 Å². The van der Waals surface area contributed by atoms with Crippen LogP contribution in [0.15, 0.2) is 55.1 Å². The summed E-state index contributed by atoms with van der Waals surface area (Å²) in [4.78, 5) is 23.8. The van der Waals surface area contributed by atoms with Crippen LogP contribution in [0, 0.1) is 5.82 Å². The molecule has 0 unspecified atom stereocenters. The van der Waals surface area contributed by atoms with Crippen LogP contribution in [-0.2, 0) is 0 Å². The minimum absolute atomic E-state index is 0.00506. The van der Waals surface area contributed by atoms with Gasteiger partial charge in [-0.05, 0) is 24.3 Å². The lowest BCUT2D eigenvalue weighted by molar-refractivity contribution is 0.0699. The summed E-state index contributed by atoms with van der Waals surface area (Å²) in [7, 11) is 0. The number of anilines is 2. The predicted octanol–water partition coefficient (Wildman–Crippen LogP) is 2.77. The van der Waals surface area contributed by atoms with Crippen molar-refractivity contribution in [3.8, 4) is 11.5 Å². The van der Waals surface area contributed by atoms with Gasteiger partial charge < -0.3 is 10.4 Å². The van der Waals surface area contributed by atoms with Crippen LogP contribution in [0.4, 0.5) is 15.9 Å². The molecule has 0 saturated carbocycles. The molecule has 0 saturated heterocycles. The highest BCUT2D eigenvalue weighted by Gasteiger charge is 2.19. The monoisotopic (exact) mass is 350 g/mol. The van der Waals surface area contributed by atoms with Crippen molar-refractivity contribution in [3.63, 3.8) is 0 Å². The van der Waals surface area contributed by atoms with Crippen LogP contribution in [0.5, 0.6) is 0 Å². The zero-order valence-electron chi connectivity index (χ0n) is 13.2. The predicted molar refractivity (Wildman–Crippen MR) is 90.7 cm³/mol. The second-order valence-electron chi connectivity index (χ2n) is 5.31. The zero-order valence-corrected chi connectivity index (χ0v) is 13.2. The Morgan fingerprint density at radius 1 is 1.19 bits per heavy atom. The first kappa shape index (κ1) is 15.6. The first-order valence-corrected chi connectivity index (χ1v) is 7.54. The number of aromatic nitrogens is 5. The van der Waals surface area contributed by atoms with E-state index in [0.29, 0.717) is 5.69 Å². The molecule has 0 aliphatic rings. The molecule has 0 bridgehead atoms. The first-order chi connectivity index (χ1) is 12.6. The van der Waals surface area contributed by atoms with E-state index in [4.69, 9.17) is 0 Å². The minimum atomic E-state index is -1.14. The number of carboxylic acid groups (broad SMARTS) is 1. The molecule has 4 aromatic rings. The Morgan fingerprint density at radius 3 is 2.81 bits per heavy atom. The van der Waals surface area contributed by atoms with Crippen molar-refractivity contribution in [1.82, 2.24) is 24.6 Å². The van der Waals surface area contributed by atoms with Crippen molar-refractivity contribution >= 4 is 23.0 Å². The molecule has 2 N–H and O–H groups in total. The summed E-state index contributed by atoms with van der Waals surface area (Å²) < 4.78 is 15.4. The number of aromatic carboxylic acids is 1. The summed E-state index contributed by atoms with van der Waals surface area (Å²) in [6, 6.07) is 8.09. The van der Waals surface area contributed by atoms with Crippen LogP contribution in [0.1, 0.15) is 10.4 Å². The van der Waals surface area contributed by atoms with E-state index in [9.17, 15) is 14.3 Å². The van der Waals surface area contributed by atoms with Crippen LogP contribution in [-0.4, -0.2) is 35.6 Å². The number of hydrogen-bond donors (Lipinski definition) is 2. The molecule has 0 spiro atoms. The Morgan fingerprint density at radius 2 is 2.08 bits per heavy atom. The Labute approximate surface area is 146 Å². The lowest BCUT2D eigenvalue weighted by atomic mass is 10.2. The van der Waals surface area contributed by atoms with Crippen molar-refractivity contribution in [1.29, 1.82) is 0 Å². The fourth-order valence-electron chi connectivity index (χ4n) is 2.49. The van der Waals surface area contributed by atoms with Gasteiger partial charge >= 0.3 is 5.97 Å². The van der Waals surface area contributed by atoms with E-state index in [1.165, 1.54) is 29.0 Å². The van der Waals surface area contributed by atoms with Gasteiger partial charge in [-0.25, -0.2) is 18.7 Å². The smallest absolute Gasteiger partial charge is 0.338 e. The van der Waals surface area contributed by atoms with Gasteiger partial charge in [0.25, 0.3) is 0 Å². The number of nitrogens with one attached hydrogen (secondary N) is 1. The van der Waals surface area contributed by atoms with E-state index in [0.717, 1.165) is 6.20 Å². The number of carboxylic acids is 1. The lowest BCUT2D eigenvalue weighted by Gasteiger charge is -2.10. The molecule has 8 nitrogen and oxygen atoms in total. The average Bonchev–Trinajstić information content (AvgIpc) is 3.09. The Bertz CT molecular complexity index is 1110. The average molecular weight is 350 g/mol.